The number of amides is 1. The van der Waals surface area contributed by atoms with Crippen molar-refractivity contribution in [1.82, 2.24) is 4.90 Å². The molecule has 6 nitrogen and oxygen atoms in total. The molecule has 1 fully saturated rings. The standard InChI is InChI=1S/C17H24N2O4/c18-6-1-9-21-14-4-7-19(8-5-14)17(20)13-2-3-15-16(12-13)23-11-10-22-15/h2-3,12,14H,1,4-11,18H2. The maximum absolute atomic E-state index is 12.6. The Hall–Kier alpha value is -1.79. The van der Waals surface area contributed by atoms with Crippen molar-refractivity contribution in [3.8, 4) is 11.5 Å². The minimum atomic E-state index is 0.0439. The highest BCUT2D eigenvalue weighted by molar-refractivity contribution is 5.95. The molecule has 0 saturated carbocycles. The van der Waals surface area contributed by atoms with Gasteiger partial charge in [-0.3, -0.25) is 4.79 Å². The second-order valence-electron chi connectivity index (χ2n) is 5.86. The van der Waals surface area contributed by atoms with Crippen LogP contribution in [0.1, 0.15) is 29.6 Å². The highest BCUT2D eigenvalue weighted by Crippen LogP contribution is 2.31. The lowest BCUT2D eigenvalue weighted by atomic mass is 10.1. The van der Waals surface area contributed by atoms with Crippen LogP contribution < -0.4 is 15.2 Å². The molecule has 1 saturated heterocycles. The van der Waals surface area contributed by atoms with Gasteiger partial charge in [-0.05, 0) is 44.0 Å². The zero-order valence-electron chi connectivity index (χ0n) is 13.3. The zero-order valence-corrected chi connectivity index (χ0v) is 13.3. The van der Waals surface area contributed by atoms with Crippen molar-refractivity contribution in [2.24, 2.45) is 5.73 Å². The van der Waals surface area contributed by atoms with Crippen LogP contribution in [0.5, 0.6) is 11.5 Å². The lowest BCUT2D eigenvalue weighted by Crippen LogP contribution is -2.41. The number of hydrogen-bond acceptors (Lipinski definition) is 5. The van der Waals surface area contributed by atoms with Crippen LogP contribution in [0.2, 0.25) is 0 Å². The number of nitrogens with two attached hydrogens (primary N) is 1. The van der Waals surface area contributed by atoms with Gasteiger partial charge in [0.2, 0.25) is 0 Å². The van der Waals surface area contributed by atoms with Gasteiger partial charge in [0.15, 0.2) is 11.5 Å². The molecular formula is C17H24N2O4. The summed E-state index contributed by atoms with van der Waals surface area (Å²) in [5, 5.41) is 0. The molecule has 0 bridgehead atoms. The molecule has 2 N–H and O–H groups in total. The van der Waals surface area contributed by atoms with E-state index in [9.17, 15) is 4.79 Å². The Labute approximate surface area is 136 Å². The largest absolute Gasteiger partial charge is 0.486 e. The number of fused-ring (bicyclic) bond motifs is 1. The number of nitrogens with zero attached hydrogens (tertiary/aromatic N) is 1. The van der Waals surface area contributed by atoms with Gasteiger partial charge in [-0.15, -0.1) is 0 Å². The predicted octanol–water partition coefficient (Wildman–Crippen LogP) is 1.43. The molecule has 0 aromatic heterocycles. The number of hydrogen-bond donors (Lipinski definition) is 1. The summed E-state index contributed by atoms with van der Waals surface area (Å²) in [6, 6.07) is 5.39. The third-order valence-corrected chi connectivity index (χ3v) is 4.22. The molecule has 0 spiro atoms. The summed E-state index contributed by atoms with van der Waals surface area (Å²) in [4.78, 5) is 14.5. The summed E-state index contributed by atoms with van der Waals surface area (Å²) in [6.45, 7) is 3.88. The molecule has 23 heavy (non-hydrogen) atoms. The van der Waals surface area contributed by atoms with Crippen molar-refractivity contribution < 1.29 is 19.0 Å². The second-order valence-corrected chi connectivity index (χ2v) is 5.86. The molecule has 0 radical (unpaired) electrons. The van der Waals surface area contributed by atoms with E-state index in [1.54, 1.807) is 12.1 Å². The van der Waals surface area contributed by atoms with Crippen LogP contribution in [-0.2, 0) is 4.74 Å². The first-order valence-electron chi connectivity index (χ1n) is 8.28. The fourth-order valence-electron chi connectivity index (χ4n) is 2.92. The molecule has 2 heterocycles. The smallest absolute Gasteiger partial charge is 0.253 e. The Balaban J connectivity index is 1.55. The maximum atomic E-state index is 12.6. The monoisotopic (exact) mass is 320 g/mol. The molecule has 6 heteroatoms. The van der Waals surface area contributed by atoms with Crippen molar-refractivity contribution in [1.29, 1.82) is 0 Å². The molecule has 2 aliphatic rings. The van der Waals surface area contributed by atoms with E-state index in [1.165, 1.54) is 0 Å². The summed E-state index contributed by atoms with van der Waals surface area (Å²) in [5.41, 5.74) is 6.12. The van der Waals surface area contributed by atoms with Crippen LogP contribution in [0, 0.1) is 0 Å². The Kier molecular flexibility index (Phi) is 5.35. The topological polar surface area (TPSA) is 74.0 Å². The van der Waals surface area contributed by atoms with Crippen molar-refractivity contribution in [3.05, 3.63) is 23.8 Å². The SMILES string of the molecule is NCCCOC1CCN(C(=O)c2ccc3c(c2)OCCO3)CC1. The zero-order chi connectivity index (χ0) is 16.1. The van der Waals surface area contributed by atoms with Crippen molar-refractivity contribution in [3.63, 3.8) is 0 Å². The quantitative estimate of drug-likeness (QED) is 0.831. The molecule has 2 aliphatic heterocycles. The first kappa shape index (κ1) is 16.1. The normalized spacial score (nSPS) is 18.0. The summed E-state index contributed by atoms with van der Waals surface area (Å²) in [6.07, 6.45) is 2.88. The molecule has 3 rings (SSSR count). The summed E-state index contributed by atoms with van der Waals surface area (Å²) >= 11 is 0. The lowest BCUT2D eigenvalue weighted by molar-refractivity contribution is 0.00843. The highest BCUT2D eigenvalue weighted by Gasteiger charge is 2.25. The van der Waals surface area contributed by atoms with Gasteiger partial charge in [-0.2, -0.15) is 0 Å². The molecule has 0 aliphatic carbocycles. The molecule has 1 amide bonds. The second kappa shape index (κ2) is 7.66. The van der Waals surface area contributed by atoms with E-state index in [2.05, 4.69) is 0 Å². The minimum Gasteiger partial charge on any atom is -0.486 e. The van der Waals surface area contributed by atoms with E-state index in [0.29, 0.717) is 43.4 Å². The van der Waals surface area contributed by atoms with Gasteiger partial charge in [-0.25, -0.2) is 0 Å². The number of carbonyl (C=O) groups is 1. The summed E-state index contributed by atoms with van der Waals surface area (Å²) < 4.78 is 16.8. The fourth-order valence-corrected chi connectivity index (χ4v) is 2.92. The molecule has 0 atom stereocenters. The van der Waals surface area contributed by atoms with E-state index in [0.717, 1.165) is 32.4 Å². The summed E-state index contributed by atoms with van der Waals surface area (Å²) in [7, 11) is 0. The predicted molar refractivity (Wildman–Crippen MR) is 86.0 cm³/mol. The van der Waals surface area contributed by atoms with Crippen molar-refractivity contribution in [2.45, 2.75) is 25.4 Å². The average Bonchev–Trinajstić information content (AvgIpc) is 2.61. The van der Waals surface area contributed by atoms with Gasteiger partial charge in [0.05, 0.1) is 6.10 Å². The number of rotatable bonds is 5. The van der Waals surface area contributed by atoms with Crippen LogP contribution in [0.4, 0.5) is 0 Å². The Morgan fingerprint density at radius 1 is 1.22 bits per heavy atom. The van der Waals surface area contributed by atoms with Gasteiger partial charge in [-0.1, -0.05) is 0 Å². The number of ether oxygens (including phenoxy) is 3. The van der Waals surface area contributed by atoms with Gasteiger partial charge in [0, 0.05) is 25.3 Å². The lowest BCUT2D eigenvalue weighted by Gasteiger charge is -2.32. The fraction of sp³-hybridized carbons (Fsp3) is 0.588. The van der Waals surface area contributed by atoms with E-state index in [-0.39, 0.29) is 12.0 Å². The molecule has 1 aromatic rings. The Morgan fingerprint density at radius 2 is 1.96 bits per heavy atom. The summed E-state index contributed by atoms with van der Waals surface area (Å²) in [5.74, 6) is 1.41. The number of benzene rings is 1. The van der Waals surface area contributed by atoms with Gasteiger partial charge in [0.1, 0.15) is 13.2 Å². The van der Waals surface area contributed by atoms with Crippen LogP contribution in [0.15, 0.2) is 18.2 Å². The van der Waals surface area contributed by atoms with Gasteiger partial charge < -0.3 is 24.8 Å². The third-order valence-electron chi connectivity index (χ3n) is 4.22. The molecular weight excluding hydrogens is 296 g/mol. The average molecular weight is 320 g/mol. The van der Waals surface area contributed by atoms with E-state index < -0.39 is 0 Å². The Morgan fingerprint density at radius 3 is 2.70 bits per heavy atom. The van der Waals surface area contributed by atoms with Crippen molar-refractivity contribution >= 4 is 5.91 Å². The first-order valence-corrected chi connectivity index (χ1v) is 8.28. The highest BCUT2D eigenvalue weighted by atomic mass is 16.6. The third kappa shape index (κ3) is 3.95. The number of piperidine rings is 1. The minimum absolute atomic E-state index is 0.0439. The molecule has 0 unspecified atom stereocenters. The first-order chi connectivity index (χ1) is 11.3. The van der Waals surface area contributed by atoms with E-state index in [1.807, 2.05) is 11.0 Å². The van der Waals surface area contributed by atoms with Crippen LogP contribution >= 0.6 is 0 Å². The van der Waals surface area contributed by atoms with Gasteiger partial charge >= 0.3 is 0 Å². The maximum Gasteiger partial charge on any atom is 0.253 e. The number of likely N-dealkylation sites (tertiary alicyclic amines) is 1. The molecule has 126 valence electrons. The van der Waals surface area contributed by atoms with Crippen LogP contribution in [-0.4, -0.2) is 56.4 Å². The van der Waals surface area contributed by atoms with Crippen LogP contribution in [0.3, 0.4) is 0 Å². The van der Waals surface area contributed by atoms with Gasteiger partial charge in [0.25, 0.3) is 5.91 Å². The van der Waals surface area contributed by atoms with E-state index in [4.69, 9.17) is 19.9 Å². The van der Waals surface area contributed by atoms with Crippen LogP contribution in [0.25, 0.3) is 0 Å². The Bertz CT molecular complexity index is 541. The number of carbonyl (C=O) groups excluding carboxylic acids is 1. The molecule has 1 aromatic carbocycles. The van der Waals surface area contributed by atoms with Crippen molar-refractivity contribution in [2.75, 3.05) is 39.5 Å². The van der Waals surface area contributed by atoms with E-state index >= 15 is 0 Å².